The zero-order chi connectivity index (χ0) is 96.1. The predicted molar refractivity (Wildman–Crippen MR) is 508 cm³/mol. The maximum absolute atomic E-state index is 12.9. The summed E-state index contributed by atoms with van der Waals surface area (Å²) in [7, 11) is 4.00. The quantitative estimate of drug-likeness (QED) is 0.0600. The van der Waals surface area contributed by atoms with Gasteiger partial charge in [0.2, 0.25) is 0 Å². The molecule has 1 saturated heterocycles. The number of aromatic nitrogens is 35. The summed E-state index contributed by atoms with van der Waals surface area (Å²) >= 11 is 0. The molecule has 0 spiro atoms. The van der Waals surface area contributed by atoms with Gasteiger partial charge in [0.05, 0.1) is 237 Å². The number of halogens is 3. The van der Waals surface area contributed by atoms with Gasteiger partial charge in [-0.15, -0.1) is 0 Å². The van der Waals surface area contributed by atoms with Crippen LogP contribution in [-0.4, -0.2) is 226 Å². The third-order valence-electron chi connectivity index (χ3n) is 26.8. The normalized spacial score (nSPS) is 15.7. The summed E-state index contributed by atoms with van der Waals surface area (Å²) in [5.74, 6) is 0.280. The predicted octanol–water partition coefficient (Wildman–Crippen LogP) is 13.7. The molecule has 0 amide bonds. The second kappa shape index (κ2) is 37.5. The molecule has 20 aromatic rings. The molecular weight excluding hydrogens is 1790 g/mol. The largest absolute Gasteiger partial charge is 0.511 e. The zero-order valence-corrected chi connectivity index (χ0v) is 78.9. The Labute approximate surface area is 789 Å². The summed E-state index contributed by atoms with van der Waals surface area (Å²) in [5.41, 5.74) is 15.6. The first-order valence-corrected chi connectivity index (χ1v) is 47.3. The molecule has 2 N–H and O–H groups in total. The number of hydrogen-bond donors (Lipinski definition) is 2. The minimum atomic E-state index is -5.37. The average molecular weight is 1890 g/mol. The lowest BCUT2D eigenvalue weighted by atomic mass is 9.89. The van der Waals surface area contributed by atoms with Crippen LogP contribution >= 0.6 is 0 Å². The van der Waals surface area contributed by atoms with Crippen LogP contribution in [0.15, 0.2) is 216 Å². The summed E-state index contributed by atoms with van der Waals surface area (Å²) in [6, 6.07) is 10.1. The van der Waals surface area contributed by atoms with Gasteiger partial charge in [0, 0.05) is 185 Å². The summed E-state index contributed by atoms with van der Waals surface area (Å²) in [5, 5.41) is 84.7. The lowest BCUT2D eigenvalue weighted by Crippen LogP contribution is -2.65. The van der Waals surface area contributed by atoms with Crippen molar-refractivity contribution in [3.63, 3.8) is 0 Å². The number of sulfonamides is 1. The SMILES string of the molecule is CCC(C)(CC)n1cc(-c2nc(-c3cnn(C)c3)cn3nccc23)cn1.CCC(CCO)n1cc(-c2nc(-c3cnn(C)c3)cn3nccc23)cn1.CCC1(n2cc(-c3nc(-c4cnn(C)c4)cn4nccc34)cn2)CN(S(=O)(=O)C(F)(F)F)C1.Cn1cc(-c2cn3nccc3c(-c3cnn(C4(C)CCCC4)c3)n2)cn1.Cn1cc(-c2cn3nccc3c(-c3cnn(C4CCCC4CO)c3)n2)cn1. The lowest BCUT2D eigenvalue weighted by molar-refractivity contribution is -0.0570. The molecule has 1 aliphatic heterocycles. The number of hydrogen-bond acceptors (Lipinski definition) is 24. The van der Waals surface area contributed by atoms with Crippen molar-refractivity contribution in [2.45, 2.75) is 153 Å². The Balaban J connectivity index is 0.000000111. The van der Waals surface area contributed by atoms with Crippen LogP contribution in [0, 0.1) is 5.92 Å². The van der Waals surface area contributed by atoms with Crippen molar-refractivity contribution < 1.29 is 31.8 Å². The van der Waals surface area contributed by atoms with Gasteiger partial charge in [-0.05, 0) is 102 Å². The molecule has 3 unspecified atom stereocenters. The Morgan fingerprint density at radius 1 is 0.413 bits per heavy atom. The van der Waals surface area contributed by atoms with E-state index in [4.69, 9.17) is 24.9 Å². The summed E-state index contributed by atoms with van der Waals surface area (Å²) in [6.45, 7) is 12.5. The maximum Gasteiger partial charge on any atom is 0.511 e. The fourth-order valence-electron chi connectivity index (χ4n) is 18.3. The van der Waals surface area contributed by atoms with Crippen LogP contribution in [0.5, 0.6) is 0 Å². The van der Waals surface area contributed by atoms with E-state index in [1.54, 1.807) is 116 Å². The Morgan fingerprint density at radius 2 is 0.768 bits per heavy atom. The highest BCUT2D eigenvalue weighted by Gasteiger charge is 2.58. The fourth-order valence-corrected chi connectivity index (χ4v) is 19.4. The number of fused-ring (bicyclic) bond motifs is 5. The first kappa shape index (κ1) is 91.9. The second-order valence-corrected chi connectivity index (χ2v) is 37.8. The van der Waals surface area contributed by atoms with Crippen molar-refractivity contribution in [1.82, 2.24) is 175 Å². The molecule has 2 saturated carbocycles. The average Bonchev–Trinajstić information content (AvgIpc) is 1.66. The minimum Gasteiger partial charge on any atom is -0.396 e. The van der Waals surface area contributed by atoms with E-state index in [1.807, 2.05) is 185 Å². The highest BCUT2D eigenvalue weighted by molar-refractivity contribution is 7.90. The van der Waals surface area contributed by atoms with Crippen LogP contribution in [-0.2, 0) is 61.9 Å². The molecule has 21 heterocycles. The first-order chi connectivity index (χ1) is 66.6. The third-order valence-corrected chi connectivity index (χ3v) is 28.3. The van der Waals surface area contributed by atoms with Crippen molar-refractivity contribution in [3.05, 3.63) is 216 Å². The van der Waals surface area contributed by atoms with Crippen molar-refractivity contribution >= 4 is 37.6 Å². The van der Waals surface area contributed by atoms with Crippen LogP contribution < -0.4 is 0 Å². The van der Waals surface area contributed by atoms with Crippen LogP contribution in [0.2, 0.25) is 0 Å². The van der Waals surface area contributed by atoms with E-state index >= 15 is 0 Å². The molecule has 44 heteroatoms. The van der Waals surface area contributed by atoms with Crippen LogP contribution in [0.4, 0.5) is 13.2 Å². The Bertz CT molecular complexity index is 7650. The molecule has 20 aromatic heterocycles. The van der Waals surface area contributed by atoms with E-state index in [2.05, 4.69) is 133 Å². The van der Waals surface area contributed by atoms with E-state index in [1.165, 1.54) is 30.4 Å². The number of aryl methyl sites for hydroxylation is 5. The number of aliphatic hydroxyl groups is 2. The highest BCUT2D eigenvalue weighted by atomic mass is 32.2. The molecule has 0 radical (unpaired) electrons. The Morgan fingerprint density at radius 3 is 1.13 bits per heavy atom. The maximum atomic E-state index is 12.9. The van der Waals surface area contributed by atoms with Gasteiger partial charge in [-0.3, -0.25) is 46.8 Å². The van der Waals surface area contributed by atoms with E-state index < -0.39 is 21.1 Å². The van der Waals surface area contributed by atoms with E-state index in [0.29, 0.717) is 34.1 Å². The molecule has 712 valence electrons. The summed E-state index contributed by atoms with van der Waals surface area (Å²) in [4.78, 5) is 24.3. The van der Waals surface area contributed by atoms with E-state index in [9.17, 15) is 31.8 Å². The van der Waals surface area contributed by atoms with Gasteiger partial charge in [-0.25, -0.2) is 55.9 Å². The molecule has 3 atom stereocenters. The number of rotatable bonds is 23. The molecule has 138 heavy (non-hydrogen) atoms. The first-order valence-electron chi connectivity index (χ1n) is 45.8. The lowest BCUT2D eigenvalue weighted by Gasteiger charge is -2.48. The molecular formula is C94H105F3N36O4S. The molecule has 0 bridgehead atoms. The van der Waals surface area contributed by atoms with Crippen molar-refractivity contribution in [2.24, 2.45) is 41.2 Å². The second-order valence-electron chi connectivity index (χ2n) is 35.9. The standard InChI is InChI=1S/C19H19F3N8O2S.C19H21N7O.C19H21N7.C19H23N7.C18H21N7O/c1-3-18(11-28(12-18)33(31,32)19(20,21)22)30-9-14(7-25-30)17-16-4-5-23-29(16)10-15(26-17)13-6-24-27(2)8-13;1-24-9-14(7-21-24)16-11-26-18(5-6-20-26)19(23-16)15-8-22-25(10-15)17-4-2-3-13(17)12-27;1-19(6-3-4-7-19)26-12-15(10-22-26)18-17-5-8-20-25(17)13-16(23-18)14-9-21-24(2)11-14;1-5-19(3,6-2)26-12-15(10-22-26)18-17-7-8-20-25(17)13-16(23-18)14-9-21-24(4)11-14;1-3-15(5-7-26)24-11-14(9-21-24)18-17-4-6-19-25(17)12-16(22-18)13-8-20-23(2)10-13/h4-10H,3,11-12H2,1-2H3;5-11,13,17,27H,2-4,12H2,1H3;5,8-13H,3-4,6-7H2,1-2H3;7-13H,5-6H2,1-4H3;4,6,8-12,15,26H,3,5,7H2,1-2H3. The van der Waals surface area contributed by atoms with Crippen LogP contribution in [0.1, 0.15) is 131 Å². The van der Waals surface area contributed by atoms with Crippen LogP contribution in [0.25, 0.3) is 140 Å². The zero-order valence-electron chi connectivity index (χ0n) is 78.1. The molecule has 3 fully saturated rings. The molecule has 40 nitrogen and oxygen atoms in total. The van der Waals surface area contributed by atoms with Gasteiger partial charge < -0.3 is 10.2 Å². The third kappa shape index (κ3) is 18.0. The van der Waals surface area contributed by atoms with Gasteiger partial charge in [0.15, 0.2) is 0 Å². The van der Waals surface area contributed by atoms with Crippen molar-refractivity contribution in [3.8, 4) is 113 Å². The van der Waals surface area contributed by atoms with Gasteiger partial charge in [-0.2, -0.15) is 94.0 Å². The number of aliphatic hydroxyl groups excluding tert-OH is 2. The molecule has 2 aliphatic carbocycles. The Hall–Kier alpha value is -15.2. The van der Waals surface area contributed by atoms with E-state index in [-0.39, 0.29) is 55.4 Å². The number of alkyl halides is 3. The number of nitrogens with zero attached hydrogens (tertiary/aromatic N) is 36. The van der Waals surface area contributed by atoms with E-state index in [0.717, 1.165) is 162 Å². The van der Waals surface area contributed by atoms with Crippen LogP contribution in [0.3, 0.4) is 0 Å². The highest BCUT2D eigenvalue weighted by Crippen LogP contribution is 2.43. The van der Waals surface area contributed by atoms with Gasteiger partial charge >= 0.3 is 15.5 Å². The van der Waals surface area contributed by atoms with Gasteiger partial charge in [0.1, 0.15) is 0 Å². The molecule has 23 rings (SSSR count). The molecule has 0 aromatic carbocycles. The monoisotopic (exact) mass is 1890 g/mol. The summed E-state index contributed by atoms with van der Waals surface area (Å²) < 4.78 is 90.1. The topological polar surface area (TPSA) is 407 Å². The smallest absolute Gasteiger partial charge is 0.396 e. The summed E-state index contributed by atoms with van der Waals surface area (Å²) in [6.07, 6.45) is 68.0. The van der Waals surface area contributed by atoms with Gasteiger partial charge in [0.25, 0.3) is 0 Å². The van der Waals surface area contributed by atoms with Crippen molar-refractivity contribution in [2.75, 3.05) is 26.3 Å². The van der Waals surface area contributed by atoms with Crippen molar-refractivity contribution in [1.29, 1.82) is 0 Å². The van der Waals surface area contributed by atoms with Gasteiger partial charge in [-0.1, -0.05) is 47.0 Å². The Kier molecular flexibility index (Phi) is 25.0. The fraction of sp³-hybridized carbons (Fsp3) is 0.362. The minimum absolute atomic E-state index is 0.00966. The molecule has 3 aliphatic rings.